The van der Waals surface area contributed by atoms with Crippen molar-refractivity contribution < 1.29 is 4.42 Å². The van der Waals surface area contributed by atoms with Crippen LogP contribution in [0, 0.1) is 0 Å². The summed E-state index contributed by atoms with van der Waals surface area (Å²) in [5.41, 5.74) is 7.54. The Hall–Kier alpha value is -6.46. The highest BCUT2D eigenvalue weighted by Crippen LogP contribution is 2.36. The van der Waals surface area contributed by atoms with Crippen LogP contribution in [0.4, 0.5) is 0 Å². The Morgan fingerprint density at radius 3 is 1.62 bits per heavy atom. The molecule has 0 amide bonds. The topological polar surface area (TPSA) is 64.7 Å². The van der Waals surface area contributed by atoms with Gasteiger partial charge in [0.15, 0.2) is 23.1 Å². The Balaban J connectivity index is 1.24. The zero-order valence-electron chi connectivity index (χ0n) is 25.2. The van der Waals surface area contributed by atoms with E-state index in [1.54, 1.807) is 0 Å². The molecule has 0 saturated heterocycles. The van der Waals surface area contributed by atoms with E-state index in [4.69, 9.17) is 24.4 Å². The van der Waals surface area contributed by atoms with Gasteiger partial charge in [0.25, 0.3) is 0 Å². The maximum atomic E-state index is 6.25. The predicted molar refractivity (Wildman–Crippen MR) is 190 cm³/mol. The first-order chi connectivity index (χ1) is 23.3. The Morgan fingerprint density at radius 1 is 0.362 bits per heavy atom. The molecule has 0 atom stereocenters. The van der Waals surface area contributed by atoms with E-state index in [-0.39, 0.29) is 0 Å². The summed E-state index contributed by atoms with van der Waals surface area (Å²) < 4.78 is 6.25. The van der Waals surface area contributed by atoms with Gasteiger partial charge in [0.05, 0.1) is 0 Å². The lowest BCUT2D eigenvalue weighted by Crippen LogP contribution is -2.00. The highest BCUT2D eigenvalue weighted by molar-refractivity contribution is 6.19. The van der Waals surface area contributed by atoms with Crippen molar-refractivity contribution in [1.82, 2.24) is 19.9 Å². The van der Waals surface area contributed by atoms with Gasteiger partial charge in [-0.05, 0) is 57.6 Å². The predicted octanol–water partition coefficient (Wildman–Crippen LogP) is 10.7. The number of aromatic nitrogens is 4. The molecule has 9 aromatic rings. The molecular weight excluding hydrogens is 576 g/mol. The molecule has 0 bridgehead atoms. The van der Waals surface area contributed by atoms with Crippen molar-refractivity contribution in [2.45, 2.75) is 0 Å². The summed E-state index contributed by atoms with van der Waals surface area (Å²) in [5, 5.41) is 4.30. The molecule has 0 N–H and O–H groups in total. The first kappa shape index (κ1) is 26.9. The van der Waals surface area contributed by atoms with Crippen LogP contribution in [0.2, 0.25) is 0 Å². The van der Waals surface area contributed by atoms with Crippen molar-refractivity contribution in [3.8, 4) is 56.7 Å². The largest absolute Gasteiger partial charge is 0.436 e. The molecule has 0 spiro atoms. The SMILES string of the molecule is c1ccc(-c2cccc(-c3nc(-c4ccccc4)nc(-c4ccc5ccc6ccc7oc(-c8ccccc8)nc7c6c5c4)n3)c2)cc1. The van der Waals surface area contributed by atoms with Gasteiger partial charge in [0, 0.05) is 27.6 Å². The zero-order chi connectivity index (χ0) is 31.2. The fraction of sp³-hybridized carbons (Fsp3) is 0. The second-order valence-corrected chi connectivity index (χ2v) is 11.5. The summed E-state index contributed by atoms with van der Waals surface area (Å²) in [6.45, 7) is 0. The molecular formula is C42H26N4O. The quantitative estimate of drug-likeness (QED) is 0.183. The van der Waals surface area contributed by atoms with E-state index < -0.39 is 0 Å². The summed E-state index contributed by atoms with van der Waals surface area (Å²) in [6, 6.07) is 53.6. The molecule has 5 nitrogen and oxygen atoms in total. The molecule has 0 fully saturated rings. The number of hydrogen-bond acceptors (Lipinski definition) is 5. The van der Waals surface area contributed by atoms with Gasteiger partial charge in [-0.25, -0.2) is 19.9 Å². The fourth-order valence-corrected chi connectivity index (χ4v) is 6.19. The van der Waals surface area contributed by atoms with Gasteiger partial charge in [0.2, 0.25) is 5.89 Å². The molecule has 220 valence electrons. The molecule has 7 aromatic carbocycles. The first-order valence-electron chi connectivity index (χ1n) is 15.6. The molecule has 5 heteroatoms. The van der Waals surface area contributed by atoms with E-state index >= 15 is 0 Å². The van der Waals surface area contributed by atoms with Gasteiger partial charge in [-0.1, -0.05) is 127 Å². The summed E-state index contributed by atoms with van der Waals surface area (Å²) in [5.74, 6) is 2.46. The lowest BCUT2D eigenvalue weighted by Gasteiger charge is -2.11. The normalized spacial score (nSPS) is 11.4. The molecule has 0 saturated carbocycles. The Kier molecular flexibility index (Phi) is 6.39. The van der Waals surface area contributed by atoms with Crippen molar-refractivity contribution in [3.63, 3.8) is 0 Å². The second kappa shape index (κ2) is 11.2. The van der Waals surface area contributed by atoms with Crippen LogP contribution in [0.5, 0.6) is 0 Å². The standard InChI is InChI=1S/C42H26N4O/c1-4-11-27(12-5-1)32-17-10-18-33(25-32)40-44-39(30-13-6-2-7-14-30)45-41(46-40)34-22-20-28-19-21-29-23-24-36-38(37(29)35(28)26-34)43-42(47-36)31-15-8-3-9-16-31/h1-26H. The number of fused-ring (bicyclic) bond motifs is 5. The maximum Gasteiger partial charge on any atom is 0.227 e. The molecule has 47 heavy (non-hydrogen) atoms. The van der Waals surface area contributed by atoms with Crippen molar-refractivity contribution in [2.24, 2.45) is 0 Å². The summed E-state index contributed by atoms with van der Waals surface area (Å²) >= 11 is 0. The van der Waals surface area contributed by atoms with Gasteiger partial charge in [0.1, 0.15) is 5.52 Å². The minimum atomic E-state index is 0.605. The lowest BCUT2D eigenvalue weighted by molar-refractivity contribution is 0.620. The number of nitrogens with zero attached hydrogens (tertiary/aromatic N) is 4. The van der Waals surface area contributed by atoms with E-state index in [1.165, 1.54) is 0 Å². The molecule has 0 aliphatic carbocycles. The van der Waals surface area contributed by atoms with Crippen LogP contribution in [0.1, 0.15) is 0 Å². The van der Waals surface area contributed by atoms with Gasteiger partial charge >= 0.3 is 0 Å². The van der Waals surface area contributed by atoms with Gasteiger partial charge < -0.3 is 4.42 Å². The number of oxazole rings is 1. The van der Waals surface area contributed by atoms with Crippen LogP contribution in [-0.2, 0) is 0 Å². The van der Waals surface area contributed by atoms with Crippen LogP contribution in [0.15, 0.2) is 162 Å². The van der Waals surface area contributed by atoms with Crippen LogP contribution < -0.4 is 0 Å². The maximum absolute atomic E-state index is 6.25. The lowest BCUT2D eigenvalue weighted by atomic mass is 9.98. The average molecular weight is 603 g/mol. The van der Waals surface area contributed by atoms with Crippen molar-refractivity contribution in [2.75, 3.05) is 0 Å². The molecule has 0 unspecified atom stereocenters. The van der Waals surface area contributed by atoms with Gasteiger partial charge in [-0.2, -0.15) is 0 Å². The number of benzene rings is 7. The van der Waals surface area contributed by atoms with Crippen molar-refractivity contribution >= 4 is 32.6 Å². The van der Waals surface area contributed by atoms with Crippen LogP contribution in [0.25, 0.3) is 89.4 Å². The van der Waals surface area contributed by atoms with Crippen molar-refractivity contribution in [3.05, 3.63) is 158 Å². The van der Waals surface area contributed by atoms with E-state index in [2.05, 4.69) is 84.9 Å². The molecule has 2 aromatic heterocycles. The van der Waals surface area contributed by atoms with E-state index in [1.807, 2.05) is 72.8 Å². The highest BCUT2D eigenvalue weighted by Gasteiger charge is 2.16. The molecule has 0 aliphatic rings. The third-order valence-corrected chi connectivity index (χ3v) is 8.53. The number of rotatable bonds is 5. The minimum Gasteiger partial charge on any atom is -0.436 e. The van der Waals surface area contributed by atoms with Crippen LogP contribution >= 0.6 is 0 Å². The second-order valence-electron chi connectivity index (χ2n) is 11.5. The third-order valence-electron chi connectivity index (χ3n) is 8.53. The van der Waals surface area contributed by atoms with Gasteiger partial charge in [-0.15, -0.1) is 0 Å². The van der Waals surface area contributed by atoms with Crippen molar-refractivity contribution in [1.29, 1.82) is 0 Å². The smallest absolute Gasteiger partial charge is 0.227 e. The number of hydrogen-bond donors (Lipinski definition) is 0. The third kappa shape index (κ3) is 4.91. The Bertz CT molecular complexity index is 2560. The van der Waals surface area contributed by atoms with Crippen LogP contribution in [0.3, 0.4) is 0 Å². The monoisotopic (exact) mass is 602 g/mol. The highest BCUT2D eigenvalue weighted by atomic mass is 16.3. The van der Waals surface area contributed by atoms with Crippen LogP contribution in [-0.4, -0.2) is 19.9 Å². The minimum absolute atomic E-state index is 0.605. The first-order valence-corrected chi connectivity index (χ1v) is 15.6. The van der Waals surface area contributed by atoms with E-state index in [9.17, 15) is 0 Å². The summed E-state index contributed by atoms with van der Waals surface area (Å²) in [7, 11) is 0. The Morgan fingerprint density at radius 2 is 0.894 bits per heavy atom. The summed E-state index contributed by atoms with van der Waals surface area (Å²) in [4.78, 5) is 20.1. The molecule has 9 rings (SSSR count). The van der Waals surface area contributed by atoms with E-state index in [0.29, 0.717) is 23.4 Å². The molecule has 0 aliphatic heterocycles. The summed E-state index contributed by atoms with van der Waals surface area (Å²) in [6.07, 6.45) is 0. The zero-order valence-corrected chi connectivity index (χ0v) is 25.2. The molecule has 0 radical (unpaired) electrons. The Labute approximate surface area is 270 Å². The average Bonchev–Trinajstić information content (AvgIpc) is 3.60. The fourth-order valence-electron chi connectivity index (χ4n) is 6.19. The molecule has 2 heterocycles. The van der Waals surface area contributed by atoms with E-state index in [0.717, 1.165) is 66.0 Å². The van der Waals surface area contributed by atoms with Gasteiger partial charge in [-0.3, -0.25) is 0 Å².